The summed E-state index contributed by atoms with van der Waals surface area (Å²) in [7, 11) is 0. The Labute approximate surface area is 277 Å². The molecule has 0 spiro atoms. The Morgan fingerprint density at radius 3 is 1.78 bits per heavy atom. The van der Waals surface area contributed by atoms with Crippen molar-refractivity contribution in [2.24, 2.45) is 0 Å². The fraction of sp³-hybridized carbons (Fsp3) is 0. The molecule has 0 atom stereocenters. The topological polar surface area (TPSA) is 13.1 Å². The normalized spacial score (nSPS) is 15.0. The highest BCUT2D eigenvalue weighted by molar-refractivity contribution is 6.25. The Morgan fingerprint density at radius 1 is 0.400 bits per heavy atom. The van der Waals surface area contributed by atoms with E-state index in [0.717, 1.165) is 16.3 Å². The first kappa shape index (κ1) is 16.8. The molecule has 0 bridgehead atoms. The summed E-state index contributed by atoms with van der Waals surface area (Å²) in [5.41, 5.74) is 3.52. The third-order valence-corrected chi connectivity index (χ3v) is 8.26. The highest BCUT2D eigenvalue weighted by Gasteiger charge is 2.20. The second-order valence-corrected chi connectivity index (χ2v) is 10.8. The van der Waals surface area contributed by atoms with Gasteiger partial charge in [-0.05, 0) is 90.2 Å². The number of hydrogen-bond acceptors (Lipinski definition) is 1. The summed E-state index contributed by atoms with van der Waals surface area (Å²) in [4.78, 5) is 0. The zero-order valence-electron chi connectivity index (χ0n) is 34.7. The van der Waals surface area contributed by atoms with E-state index in [1.54, 1.807) is 36.4 Å². The Hall–Kier alpha value is -5.92. The maximum atomic E-state index is 9.51. The van der Waals surface area contributed by atoms with Crippen LogP contribution in [0.1, 0.15) is 15.1 Å². The van der Waals surface area contributed by atoms with Crippen LogP contribution in [0, 0.1) is 0 Å². The van der Waals surface area contributed by atoms with Crippen LogP contribution in [0.2, 0.25) is 0 Å². The van der Waals surface area contributed by atoms with Gasteiger partial charge in [0.05, 0.1) is 15.1 Å². The minimum absolute atomic E-state index is 0.0498. The molecule has 0 N–H and O–H groups in total. The minimum Gasteiger partial charge on any atom is -0.456 e. The van der Waals surface area contributed by atoms with Gasteiger partial charge in [0, 0.05) is 10.8 Å². The summed E-state index contributed by atoms with van der Waals surface area (Å²) in [6, 6.07) is 27.8. The molecule has 0 saturated heterocycles. The van der Waals surface area contributed by atoms with Crippen LogP contribution in [0.3, 0.4) is 0 Å². The Bertz CT molecular complexity index is 3070. The molecule has 9 rings (SSSR count). The molecule has 0 saturated carbocycles. The van der Waals surface area contributed by atoms with Crippen LogP contribution in [0.15, 0.2) is 174 Å². The molecule has 1 aromatic heterocycles. The van der Waals surface area contributed by atoms with Crippen LogP contribution in [0.4, 0.5) is 0 Å². The van der Waals surface area contributed by atoms with Crippen molar-refractivity contribution < 1.29 is 19.5 Å². The standard InChI is InChI=1S/C44H28O/c1-3-13-29(14-4-1)31-17-11-18-33(27-31)42-34-19-7-9-21-36(34)43(37-22-10-8-20-35(37)42)38-23-12-24-41-44(38)39-28-32(25-26-40(39)45-41)30-15-5-2-6-16-30/h1-28H/i1D,3D,4D,12D,13D,14D,23D,24D,25D,26D,28D. The molecule has 0 radical (unpaired) electrons. The van der Waals surface area contributed by atoms with Crippen LogP contribution >= 0.6 is 0 Å². The van der Waals surface area contributed by atoms with E-state index in [9.17, 15) is 2.74 Å². The summed E-state index contributed by atoms with van der Waals surface area (Å²) in [5, 5.41) is 3.31. The van der Waals surface area contributed by atoms with E-state index in [1.165, 1.54) is 0 Å². The van der Waals surface area contributed by atoms with Crippen LogP contribution < -0.4 is 0 Å². The lowest BCUT2D eigenvalue weighted by Gasteiger charge is -2.18. The van der Waals surface area contributed by atoms with Crippen molar-refractivity contribution in [2.45, 2.75) is 0 Å². The van der Waals surface area contributed by atoms with E-state index < -0.39 is 18.1 Å². The van der Waals surface area contributed by atoms with E-state index in [4.69, 9.17) is 16.8 Å². The second-order valence-electron chi connectivity index (χ2n) is 10.8. The van der Waals surface area contributed by atoms with Crippen LogP contribution in [0.25, 0.3) is 88.0 Å². The smallest absolute Gasteiger partial charge is 0.136 e. The summed E-state index contributed by atoms with van der Waals surface area (Å²) >= 11 is 0. The van der Waals surface area contributed by atoms with Crippen LogP contribution in [-0.4, -0.2) is 0 Å². The highest BCUT2D eigenvalue weighted by atomic mass is 16.3. The summed E-state index contributed by atoms with van der Waals surface area (Å²) in [6.45, 7) is 0. The zero-order chi connectivity index (χ0) is 39.3. The molecule has 0 aliphatic carbocycles. The van der Waals surface area contributed by atoms with Crippen LogP contribution in [-0.2, 0) is 0 Å². The molecule has 1 heterocycles. The molecule has 0 amide bonds. The number of benzene rings is 8. The average Bonchev–Trinajstić information content (AvgIpc) is 3.62. The molecular weight excluding hydrogens is 544 g/mol. The third kappa shape index (κ3) is 4.17. The molecule has 9 aromatic rings. The SMILES string of the molecule is [2H]c1c([2H])c([2H])c(-c2cccc(-c3c4ccccc4c(-c4c([2H])c([2H])c([2H])c5oc6c([2H])c([2H])c(-c7ccccc7)c([2H])c6c45)c4ccccc34)c2)c([2H])c1[2H]. The molecule has 0 aliphatic heterocycles. The Morgan fingerprint density at radius 2 is 1.04 bits per heavy atom. The van der Waals surface area contributed by atoms with Crippen molar-refractivity contribution in [3.05, 3.63) is 170 Å². The van der Waals surface area contributed by atoms with Gasteiger partial charge in [0.25, 0.3) is 0 Å². The van der Waals surface area contributed by atoms with Crippen LogP contribution in [0.5, 0.6) is 0 Å². The van der Waals surface area contributed by atoms with Crippen molar-refractivity contribution in [3.8, 4) is 44.5 Å². The van der Waals surface area contributed by atoms with Gasteiger partial charge < -0.3 is 4.42 Å². The van der Waals surface area contributed by atoms with E-state index in [1.807, 2.05) is 66.7 Å². The summed E-state index contributed by atoms with van der Waals surface area (Å²) in [6.07, 6.45) is 0. The lowest BCUT2D eigenvalue weighted by Crippen LogP contribution is -1.91. The largest absolute Gasteiger partial charge is 0.456 e. The molecule has 0 fully saturated rings. The van der Waals surface area contributed by atoms with Crippen molar-refractivity contribution in [1.82, 2.24) is 0 Å². The van der Waals surface area contributed by atoms with Gasteiger partial charge in [0.1, 0.15) is 11.2 Å². The first-order chi connectivity index (χ1) is 26.9. The van der Waals surface area contributed by atoms with Gasteiger partial charge in [-0.15, -0.1) is 0 Å². The maximum absolute atomic E-state index is 9.51. The minimum atomic E-state index is -0.469. The highest BCUT2D eigenvalue weighted by Crippen LogP contribution is 2.47. The Kier molecular flexibility index (Phi) is 3.87. The van der Waals surface area contributed by atoms with E-state index >= 15 is 0 Å². The number of furan rings is 1. The predicted molar refractivity (Wildman–Crippen MR) is 190 cm³/mol. The molecule has 0 aliphatic rings. The summed E-state index contributed by atoms with van der Waals surface area (Å²) < 4.78 is 103. The summed E-state index contributed by atoms with van der Waals surface area (Å²) in [5.74, 6) is 0. The predicted octanol–water partition coefficient (Wildman–Crippen LogP) is 12.6. The molecule has 1 heteroatoms. The van der Waals surface area contributed by atoms with E-state index in [2.05, 4.69) is 0 Å². The molecular formula is C44H28O. The fourth-order valence-corrected chi connectivity index (χ4v) is 6.32. The third-order valence-electron chi connectivity index (χ3n) is 8.26. The van der Waals surface area contributed by atoms with Gasteiger partial charge in [-0.3, -0.25) is 0 Å². The monoisotopic (exact) mass is 583 g/mol. The van der Waals surface area contributed by atoms with Gasteiger partial charge in [-0.25, -0.2) is 0 Å². The fourth-order valence-electron chi connectivity index (χ4n) is 6.32. The zero-order valence-corrected chi connectivity index (χ0v) is 23.7. The van der Waals surface area contributed by atoms with Gasteiger partial charge in [-0.1, -0.05) is 145 Å². The first-order valence-electron chi connectivity index (χ1n) is 20.0. The van der Waals surface area contributed by atoms with Gasteiger partial charge in [0.2, 0.25) is 0 Å². The number of hydrogen-bond donors (Lipinski definition) is 0. The van der Waals surface area contributed by atoms with Crippen molar-refractivity contribution in [1.29, 1.82) is 0 Å². The molecule has 0 unspecified atom stereocenters. The first-order valence-corrected chi connectivity index (χ1v) is 14.5. The second kappa shape index (κ2) is 10.4. The van der Waals surface area contributed by atoms with Gasteiger partial charge >= 0.3 is 0 Å². The lowest BCUT2D eigenvalue weighted by atomic mass is 9.84. The quantitative estimate of drug-likeness (QED) is 0.188. The van der Waals surface area contributed by atoms with E-state index in [0.29, 0.717) is 33.0 Å². The molecule has 1 nitrogen and oxygen atoms in total. The van der Waals surface area contributed by atoms with E-state index in [-0.39, 0.29) is 87.0 Å². The molecule has 45 heavy (non-hydrogen) atoms. The maximum Gasteiger partial charge on any atom is 0.136 e. The molecule has 210 valence electrons. The average molecular weight is 584 g/mol. The van der Waals surface area contributed by atoms with Crippen molar-refractivity contribution in [2.75, 3.05) is 0 Å². The number of rotatable bonds is 4. The number of fused-ring (bicyclic) bond motifs is 5. The lowest BCUT2D eigenvalue weighted by molar-refractivity contribution is 0.669. The van der Waals surface area contributed by atoms with Crippen molar-refractivity contribution in [3.63, 3.8) is 0 Å². The van der Waals surface area contributed by atoms with Gasteiger partial charge in [0.15, 0.2) is 0 Å². The van der Waals surface area contributed by atoms with Gasteiger partial charge in [-0.2, -0.15) is 0 Å². The molecule has 8 aromatic carbocycles. The van der Waals surface area contributed by atoms with Crippen molar-refractivity contribution >= 4 is 43.5 Å². The Balaban J connectivity index is 1.42.